The molecule has 0 aliphatic heterocycles. The Hall–Kier alpha value is -4.39. The van der Waals surface area contributed by atoms with Gasteiger partial charge in [0.15, 0.2) is 5.76 Å². The largest absolute Gasteiger partial charge is 0.489 e. The fraction of sp³-hybridized carbons (Fsp3) is 0.0417. The molecule has 0 fully saturated rings. The van der Waals surface area contributed by atoms with Crippen molar-refractivity contribution in [1.29, 1.82) is 0 Å². The van der Waals surface area contributed by atoms with E-state index in [4.69, 9.17) is 14.3 Å². The summed E-state index contributed by atoms with van der Waals surface area (Å²) in [5.41, 5.74) is 4.83. The van der Waals surface area contributed by atoms with E-state index in [2.05, 4.69) is 10.5 Å². The Balaban J connectivity index is 1.31. The molecule has 4 rings (SSSR count). The molecule has 0 spiro atoms. The van der Waals surface area contributed by atoms with Crippen molar-refractivity contribution in [2.45, 2.75) is 6.61 Å². The number of fused-ring (bicyclic) bond motifs is 1. The molecule has 0 atom stereocenters. The van der Waals surface area contributed by atoms with Crippen molar-refractivity contribution in [2.24, 2.45) is 5.10 Å². The van der Waals surface area contributed by atoms with E-state index in [0.717, 1.165) is 16.5 Å². The van der Waals surface area contributed by atoms with Gasteiger partial charge in [0.05, 0.1) is 11.8 Å². The van der Waals surface area contributed by atoms with Crippen LogP contribution in [0.25, 0.3) is 11.0 Å². The predicted octanol–water partition coefficient (Wildman–Crippen LogP) is 4.47. The molecule has 0 saturated heterocycles. The van der Waals surface area contributed by atoms with Crippen molar-refractivity contribution in [2.75, 3.05) is 0 Å². The smallest absolute Gasteiger partial charge is 0.335 e. The van der Waals surface area contributed by atoms with Gasteiger partial charge in [0.25, 0.3) is 0 Å². The van der Waals surface area contributed by atoms with Crippen LogP contribution in [0.2, 0.25) is 0 Å². The summed E-state index contributed by atoms with van der Waals surface area (Å²) in [5.74, 6) is -0.591. The maximum atomic E-state index is 12.2. The van der Waals surface area contributed by atoms with Crippen LogP contribution in [0, 0.1) is 0 Å². The van der Waals surface area contributed by atoms with Crippen LogP contribution in [0.15, 0.2) is 88.4 Å². The van der Waals surface area contributed by atoms with Gasteiger partial charge in [-0.25, -0.2) is 10.2 Å². The minimum atomic E-state index is -0.974. The summed E-state index contributed by atoms with van der Waals surface area (Å²) in [7, 11) is 0. The van der Waals surface area contributed by atoms with E-state index in [9.17, 15) is 9.59 Å². The lowest BCUT2D eigenvalue weighted by atomic mass is 10.1. The quantitative estimate of drug-likeness (QED) is 0.343. The van der Waals surface area contributed by atoms with Crippen molar-refractivity contribution >= 4 is 29.1 Å². The Labute approximate surface area is 177 Å². The van der Waals surface area contributed by atoms with E-state index in [1.54, 1.807) is 54.6 Å². The number of benzene rings is 3. The maximum Gasteiger partial charge on any atom is 0.335 e. The first-order valence-electron chi connectivity index (χ1n) is 9.45. The van der Waals surface area contributed by atoms with Crippen LogP contribution in [0.3, 0.4) is 0 Å². The van der Waals surface area contributed by atoms with E-state index in [1.807, 2.05) is 18.2 Å². The molecule has 1 heterocycles. The number of furan rings is 1. The number of carbonyl (C=O) groups excluding carboxylic acids is 1. The van der Waals surface area contributed by atoms with Crippen LogP contribution in [0.5, 0.6) is 5.75 Å². The molecule has 1 amide bonds. The lowest BCUT2D eigenvalue weighted by Gasteiger charge is -2.07. The van der Waals surface area contributed by atoms with Crippen LogP contribution in [-0.4, -0.2) is 23.2 Å². The lowest BCUT2D eigenvalue weighted by molar-refractivity contribution is 0.0696. The summed E-state index contributed by atoms with van der Waals surface area (Å²) >= 11 is 0. The number of rotatable bonds is 7. The van der Waals surface area contributed by atoms with Gasteiger partial charge < -0.3 is 14.3 Å². The second-order valence-electron chi connectivity index (χ2n) is 6.71. The fourth-order valence-electron chi connectivity index (χ4n) is 2.93. The van der Waals surface area contributed by atoms with Gasteiger partial charge >= 0.3 is 11.9 Å². The second kappa shape index (κ2) is 8.96. The normalized spacial score (nSPS) is 11.0. The number of carbonyl (C=O) groups is 2. The second-order valence-corrected chi connectivity index (χ2v) is 6.71. The summed E-state index contributed by atoms with van der Waals surface area (Å²) in [6, 6.07) is 22.8. The third-order valence-corrected chi connectivity index (χ3v) is 4.49. The highest BCUT2D eigenvalue weighted by atomic mass is 16.5. The van der Waals surface area contributed by atoms with Crippen molar-refractivity contribution in [3.63, 3.8) is 0 Å². The number of para-hydroxylation sites is 1. The minimum Gasteiger partial charge on any atom is -0.489 e. The van der Waals surface area contributed by atoms with Gasteiger partial charge in [-0.15, -0.1) is 0 Å². The van der Waals surface area contributed by atoms with E-state index in [1.165, 1.54) is 12.3 Å². The molecule has 7 heteroatoms. The summed E-state index contributed by atoms with van der Waals surface area (Å²) in [5, 5.41) is 13.8. The van der Waals surface area contributed by atoms with Crippen molar-refractivity contribution in [3.05, 3.63) is 101 Å². The predicted molar refractivity (Wildman–Crippen MR) is 115 cm³/mol. The number of ether oxygens (including phenoxy) is 1. The molecule has 7 nitrogen and oxygen atoms in total. The first-order chi connectivity index (χ1) is 15.1. The number of carboxylic acids is 1. The van der Waals surface area contributed by atoms with Gasteiger partial charge in [0.1, 0.15) is 17.9 Å². The number of hydrogen-bond donors (Lipinski definition) is 2. The molecule has 0 radical (unpaired) electrons. The molecule has 0 bridgehead atoms. The monoisotopic (exact) mass is 414 g/mol. The average molecular weight is 414 g/mol. The molecule has 0 aliphatic carbocycles. The molecule has 4 aromatic rings. The highest BCUT2D eigenvalue weighted by Crippen LogP contribution is 2.18. The molecule has 3 aromatic carbocycles. The number of aromatic carboxylic acids is 1. The average Bonchev–Trinajstić information content (AvgIpc) is 3.23. The zero-order chi connectivity index (χ0) is 21.6. The number of hydrogen-bond acceptors (Lipinski definition) is 5. The summed E-state index contributed by atoms with van der Waals surface area (Å²) < 4.78 is 11.2. The first-order valence-corrected chi connectivity index (χ1v) is 9.45. The zero-order valence-corrected chi connectivity index (χ0v) is 16.3. The van der Waals surface area contributed by atoms with Gasteiger partial charge in [0.2, 0.25) is 0 Å². The molecule has 0 saturated carbocycles. The van der Waals surface area contributed by atoms with Gasteiger partial charge in [-0.1, -0.05) is 30.3 Å². The Morgan fingerprint density at radius 1 is 1.00 bits per heavy atom. The number of nitrogens with one attached hydrogen (secondary N) is 1. The Bertz CT molecular complexity index is 1230. The summed E-state index contributed by atoms with van der Waals surface area (Å²) in [6.45, 7) is 0.252. The topological polar surface area (TPSA) is 101 Å². The minimum absolute atomic E-state index is 0.189. The van der Waals surface area contributed by atoms with E-state index >= 15 is 0 Å². The van der Waals surface area contributed by atoms with Crippen LogP contribution < -0.4 is 10.2 Å². The standard InChI is InChI=1S/C24H18N2O5/c27-23(22-13-18-5-1-2-7-21(18)31-22)26-25-14-16-8-10-20(11-9-16)30-15-17-4-3-6-19(12-17)24(28)29/h1-14H,15H2,(H,26,27)(H,28,29)/b25-14-. The molecular formula is C24H18N2O5. The van der Waals surface area contributed by atoms with Crippen molar-refractivity contribution < 1.29 is 23.8 Å². The SMILES string of the molecule is O=C(O)c1cccc(COc2ccc(/C=N\NC(=O)c3cc4ccccc4o3)cc2)c1. The third kappa shape index (κ3) is 4.97. The van der Waals surface area contributed by atoms with Crippen LogP contribution in [-0.2, 0) is 6.61 Å². The molecule has 1 aromatic heterocycles. The molecule has 0 unspecified atom stereocenters. The number of carboxylic acid groups (broad SMARTS) is 1. The maximum absolute atomic E-state index is 12.2. The van der Waals surface area contributed by atoms with Crippen LogP contribution in [0.1, 0.15) is 32.0 Å². The number of nitrogens with zero attached hydrogens (tertiary/aromatic N) is 1. The third-order valence-electron chi connectivity index (χ3n) is 4.49. The van der Waals surface area contributed by atoms with E-state index in [0.29, 0.717) is 11.3 Å². The Kier molecular flexibility index (Phi) is 5.75. The number of hydrazone groups is 1. The molecule has 31 heavy (non-hydrogen) atoms. The Morgan fingerprint density at radius 2 is 1.81 bits per heavy atom. The summed E-state index contributed by atoms with van der Waals surface area (Å²) in [4.78, 5) is 23.2. The molecule has 0 aliphatic rings. The Morgan fingerprint density at radius 3 is 2.58 bits per heavy atom. The molecule has 2 N–H and O–H groups in total. The molecule has 154 valence electrons. The van der Waals surface area contributed by atoms with Crippen molar-refractivity contribution in [1.82, 2.24) is 5.43 Å². The van der Waals surface area contributed by atoms with Gasteiger partial charge in [0, 0.05) is 5.39 Å². The van der Waals surface area contributed by atoms with Crippen LogP contribution >= 0.6 is 0 Å². The van der Waals surface area contributed by atoms with Crippen molar-refractivity contribution in [3.8, 4) is 5.75 Å². The van der Waals surface area contributed by atoms with Gasteiger partial charge in [-0.3, -0.25) is 4.79 Å². The highest BCUT2D eigenvalue weighted by molar-refractivity contribution is 5.96. The van der Waals surface area contributed by atoms with Crippen LogP contribution in [0.4, 0.5) is 0 Å². The summed E-state index contributed by atoms with van der Waals surface area (Å²) in [6.07, 6.45) is 1.51. The van der Waals surface area contributed by atoms with E-state index in [-0.39, 0.29) is 17.9 Å². The first kappa shape index (κ1) is 19.9. The van der Waals surface area contributed by atoms with Gasteiger partial charge in [-0.05, 0) is 59.7 Å². The van der Waals surface area contributed by atoms with Gasteiger partial charge in [-0.2, -0.15) is 5.10 Å². The lowest BCUT2D eigenvalue weighted by Crippen LogP contribution is -2.16. The zero-order valence-electron chi connectivity index (χ0n) is 16.3. The number of amides is 1. The van der Waals surface area contributed by atoms with E-state index < -0.39 is 11.9 Å². The fourth-order valence-corrected chi connectivity index (χ4v) is 2.93. The molecular weight excluding hydrogens is 396 g/mol. The highest BCUT2D eigenvalue weighted by Gasteiger charge is 2.10.